The highest BCUT2D eigenvalue weighted by atomic mass is 16.8. The molecule has 19 heteroatoms. The number of hydrogen-bond donors (Lipinski definition) is 12. The Balaban J connectivity index is 1.29. The second kappa shape index (κ2) is 78.5. The topological polar surface area (TPSA) is 307 Å². The molecular weight excluding hydrogens is 1500 g/mol. The van der Waals surface area contributed by atoms with E-state index in [-0.39, 0.29) is 18.9 Å². The first-order valence-corrected chi connectivity index (χ1v) is 49.3. The van der Waals surface area contributed by atoms with Crippen LogP contribution in [0.1, 0.15) is 412 Å². The summed E-state index contributed by atoms with van der Waals surface area (Å²) in [5.41, 5.74) is 0. The maximum atomic E-state index is 13.5. The Morgan fingerprint density at radius 2 is 0.588 bits per heavy atom. The first-order chi connectivity index (χ1) is 58.3. The molecule has 0 aliphatic carbocycles. The van der Waals surface area contributed by atoms with Gasteiger partial charge < -0.3 is 89.9 Å². The van der Waals surface area contributed by atoms with Crippen LogP contribution in [0.5, 0.6) is 0 Å². The monoisotopic (exact) mass is 1680 g/mol. The third kappa shape index (κ3) is 55.9. The van der Waals surface area contributed by atoms with Crippen molar-refractivity contribution in [2.24, 2.45) is 0 Å². The van der Waals surface area contributed by atoms with Gasteiger partial charge in [-0.1, -0.05) is 414 Å². The average molecular weight is 1690 g/mol. The maximum Gasteiger partial charge on any atom is 0.220 e. The Hall–Kier alpha value is -3.03. The smallest absolute Gasteiger partial charge is 0.220 e. The van der Waals surface area contributed by atoms with Gasteiger partial charge in [-0.25, -0.2) is 0 Å². The Morgan fingerprint density at radius 3 is 0.941 bits per heavy atom. The highest BCUT2D eigenvalue weighted by Crippen LogP contribution is 2.34. The van der Waals surface area contributed by atoms with E-state index >= 15 is 0 Å². The van der Waals surface area contributed by atoms with Crippen molar-refractivity contribution >= 4 is 5.91 Å². The zero-order valence-electron chi connectivity index (χ0n) is 75.3. The summed E-state index contributed by atoms with van der Waals surface area (Å²) < 4.78 is 34.6. The number of aliphatic hydroxyl groups is 11. The number of rotatable bonds is 81. The predicted octanol–water partition coefficient (Wildman–Crippen LogP) is 20.4. The molecule has 17 unspecified atom stereocenters. The van der Waals surface area contributed by atoms with E-state index < -0.39 is 124 Å². The van der Waals surface area contributed by atoms with Crippen LogP contribution in [-0.2, 0) is 33.2 Å². The van der Waals surface area contributed by atoms with Gasteiger partial charge in [0.15, 0.2) is 18.9 Å². The number of aliphatic hydroxyl groups excluding tert-OH is 11. The number of carbonyl (C=O) groups is 1. The fourth-order valence-electron chi connectivity index (χ4n) is 16.4. The standard InChI is InChI=1S/C100H181NO18/c1-3-5-7-9-11-13-15-17-19-21-23-25-27-29-31-33-35-37-38-39-40-41-42-43-44-46-48-50-52-54-56-58-60-62-64-66-68-70-72-74-76-78-88(106)101-83(84(105)77-75-73-71-69-67-65-63-61-59-57-55-53-51-49-47-45-36-34-32-30-28-26-24-22-20-18-16-14-12-10-8-6-4-2)82-114-98-94(112)91(109)96(86(80-103)116-98)119-100-95(113)92(110)97(87(81-104)117-100)118-99-93(111)90(108)89(107)85(79-102)115-99/h5,7,11,13,17,19,23,25,29,31,67,69,75,77,83-87,89-100,102-105,107-113H,3-4,6,8-10,12,14-16,18,20-22,24,26-28,30,32-66,68,70-74,76,78-82H2,1-2H3,(H,101,106)/b7-5-,13-11-,19-17-,25-23-,31-29-,69-67+,77-75+. The second-order valence-corrected chi connectivity index (χ2v) is 34.9. The minimum absolute atomic E-state index is 0.237. The molecule has 3 saturated heterocycles. The summed E-state index contributed by atoms with van der Waals surface area (Å²) >= 11 is 0. The molecule has 3 rings (SSSR count). The number of amides is 1. The third-order valence-corrected chi connectivity index (χ3v) is 24.2. The Bertz CT molecular complexity index is 2470. The molecule has 0 saturated carbocycles. The van der Waals surface area contributed by atoms with Gasteiger partial charge in [0.25, 0.3) is 0 Å². The molecule has 119 heavy (non-hydrogen) atoms. The van der Waals surface area contributed by atoms with Gasteiger partial charge in [0.2, 0.25) is 5.91 Å². The molecule has 0 aromatic heterocycles. The highest BCUT2D eigenvalue weighted by molar-refractivity contribution is 5.76. The van der Waals surface area contributed by atoms with Crippen molar-refractivity contribution in [1.29, 1.82) is 0 Å². The minimum atomic E-state index is -1.98. The molecule has 3 aliphatic heterocycles. The lowest BCUT2D eigenvalue weighted by Gasteiger charge is -2.48. The van der Waals surface area contributed by atoms with Gasteiger partial charge in [0.05, 0.1) is 38.6 Å². The summed E-state index contributed by atoms with van der Waals surface area (Å²) in [5, 5.41) is 121. The molecule has 0 aromatic carbocycles. The molecule has 12 N–H and O–H groups in total. The molecule has 19 nitrogen and oxygen atoms in total. The van der Waals surface area contributed by atoms with Crippen LogP contribution in [0.2, 0.25) is 0 Å². The summed E-state index contributed by atoms with van der Waals surface area (Å²) in [4.78, 5) is 13.5. The van der Waals surface area contributed by atoms with Gasteiger partial charge >= 0.3 is 0 Å². The van der Waals surface area contributed by atoms with Crippen molar-refractivity contribution in [3.05, 3.63) is 85.1 Å². The van der Waals surface area contributed by atoms with Gasteiger partial charge in [0.1, 0.15) is 73.2 Å². The van der Waals surface area contributed by atoms with Crippen LogP contribution >= 0.6 is 0 Å². The van der Waals surface area contributed by atoms with Crippen LogP contribution in [0.3, 0.4) is 0 Å². The van der Waals surface area contributed by atoms with Gasteiger partial charge in [-0.15, -0.1) is 0 Å². The highest BCUT2D eigenvalue weighted by Gasteiger charge is 2.54. The largest absolute Gasteiger partial charge is 0.394 e. The average Bonchev–Trinajstić information content (AvgIpc) is 0.778. The van der Waals surface area contributed by atoms with Gasteiger partial charge in [0, 0.05) is 6.42 Å². The zero-order chi connectivity index (χ0) is 85.9. The third-order valence-electron chi connectivity index (χ3n) is 24.2. The van der Waals surface area contributed by atoms with E-state index in [9.17, 15) is 61.0 Å². The van der Waals surface area contributed by atoms with Crippen LogP contribution < -0.4 is 5.32 Å². The summed E-state index contributed by atoms with van der Waals surface area (Å²) in [5.74, 6) is -0.278. The summed E-state index contributed by atoms with van der Waals surface area (Å²) in [7, 11) is 0. The number of ether oxygens (including phenoxy) is 6. The molecule has 0 spiro atoms. The van der Waals surface area contributed by atoms with Crippen LogP contribution in [-0.4, -0.2) is 193 Å². The van der Waals surface area contributed by atoms with E-state index in [0.717, 1.165) is 70.6 Å². The Kier molecular flexibility index (Phi) is 72.6. The van der Waals surface area contributed by atoms with Crippen molar-refractivity contribution in [3.63, 3.8) is 0 Å². The molecule has 1 amide bonds. The van der Waals surface area contributed by atoms with E-state index in [2.05, 4.69) is 92.1 Å². The lowest BCUT2D eigenvalue weighted by molar-refractivity contribution is -0.379. The van der Waals surface area contributed by atoms with E-state index in [4.69, 9.17) is 28.4 Å². The molecule has 694 valence electrons. The van der Waals surface area contributed by atoms with Gasteiger partial charge in [-0.2, -0.15) is 0 Å². The summed E-state index contributed by atoms with van der Waals surface area (Å²) in [6, 6.07) is -0.994. The second-order valence-electron chi connectivity index (χ2n) is 34.9. The molecule has 0 aromatic rings. The first-order valence-electron chi connectivity index (χ1n) is 49.3. The molecule has 0 bridgehead atoms. The normalized spacial score (nSPS) is 24.5. The maximum absolute atomic E-state index is 13.5. The fraction of sp³-hybridized carbons (Fsp3) is 0.850. The summed E-state index contributed by atoms with van der Waals surface area (Å²) in [6.07, 6.45) is 82.0. The van der Waals surface area contributed by atoms with Crippen LogP contribution in [0.4, 0.5) is 0 Å². The summed E-state index contributed by atoms with van der Waals surface area (Å²) in [6.45, 7) is 1.67. The molecule has 3 fully saturated rings. The van der Waals surface area contributed by atoms with Crippen molar-refractivity contribution in [2.75, 3.05) is 26.4 Å². The van der Waals surface area contributed by atoms with Crippen molar-refractivity contribution in [2.45, 2.75) is 516 Å². The Morgan fingerprint density at radius 1 is 0.311 bits per heavy atom. The minimum Gasteiger partial charge on any atom is -0.394 e. The zero-order valence-corrected chi connectivity index (χ0v) is 75.3. The quantitative estimate of drug-likeness (QED) is 0.0199. The van der Waals surface area contributed by atoms with E-state index in [0.29, 0.717) is 12.8 Å². The van der Waals surface area contributed by atoms with Crippen molar-refractivity contribution in [3.8, 4) is 0 Å². The van der Waals surface area contributed by atoms with E-state index in [1.807, 2.05) is 6.08 Å². The molecule has 17 atom stereocenters. The molecule has 3 aliphatic rings. The van der Waals surface area contributed by atoms with Crippen molar-refractivity contribution < 1.29 is 89.4 Å². The molecular formula is C100H181NO18. The van der Waals surface area contributed by atoms with E-state index in [1.165, 1.54) is 308 Å². The SMILES string of the molecule is CC/C=C\C/C=C\C/C=C\C/C=C\C/C=C\CCCCCCCCCCCCCCCCCCCCCCCCCCCC(=O)NC(COC1OC(CO)C(OC2OC(CO)C(OC3OC(CO)C(O)C(O)C3O)C(O)C2O)C(O)C1O)C(O)/C=C/CC/C=C/CCCCCCCCCCCCCCCCCCCCCCCCCCCCC. The van der Waals surface area contributed by atoms with Crippen LogP contribution in [0, 0.1) is 0 Å². The lowest BCUT2D eigenvalue weighted by Crippen LogP contribution is -2.66. The molecule has 0 radical (unpaired) electrons. The molecule has 3 heterocycles. The lowest BCUT2D eigenvalue weighted by atomic mass is 9.96. The Labute approximate surface area is 724 Å². The van der Waals surface area contributed by atoms with Gasteiger partial charge in [-0.05, 0) is 77.0 Å². The number of allylic oxidation sites excluding steroid dienone is 13. The number of unbranched alkanes of at least 4 members (excludes halogenated alkanes) is 53. The van der Waals surface area contributed by atoms with Gasteiger partial charge in [-0.3, -0.25) is 4.79 Å². The number of carbonyl (C=O) groups excluding carboxylic acids is 1. The first kappa shape index (κ1) is 110. The fourth-order valence-corrected chi connectivity index (χ4v) is 16.4. The van der Waals surface area contributed by atoms with E-state index in [1.54, 1.807) is 6.08 Å². The number of hydrogen-bond acceptors (Lipinski definition) is 18. The number of nitrogens with one attached hydrogen (secondary N) is 1. The van der Waals surface area contributed by atoms with Crippen LogP contribution in [0.25, 0.3) is 0 Å². The van der Waals surface area contributed by atoms with Crippen molar-refractivity contribution in [1.82, 2.24) is 5.32 Å². The predicted molar refractivity (Wildman–Crippen MR) is 485 cm³/mol. The van der Waals surface area contributed by atoms with Crippen LogP contribution in [0.15, 0.2) is 85.1 Å².